The van der Waals surface area contributed by atoms with Gasteiger partial charge < -0.3 is 9.84 Å². The zero-order valence-electron chi connectivity index (χ0n) is 17.0. The first-order valence-electron chi connectivity index (χ1n) is 10.1. The molecule has 2 aromatic carbocycles. The van der Waals surface area contributed by atoms with Gasteiger partial charge in [0, 0.05) is 45.4 Å². The highest BCUT2D eigenvalue weighted by Crippen LogP contribution is 2.23. The topological polar surface area (TPSA) is 74.9 Å². The van der Waals surface area contributed by atoms with Crippen LogP contribution in [0.15, 0.2) is 41.0 Å². The molecule has 1 unspecified atom stereocenters. The van der Waals surface area contributed by atoms with Crippen molar-refractivity contribution in [2.24, 2.45) is 0 Å². The molecule has 0 spiro atoms. The molecule has 1 atom stereocenters. The minimum absolute atomic E-state index is 0.194. The van der Waals surface area contributed by atoms with Crippen LogP contribution in [0.3, 0.4) is 0 Å². The smallest absolute Gasteiger partial charge is 0.139 e. The average Bonchev–Trinajstić information content (AvgIpc) is 3.20. The first-order chi connectivity index (χ1) is 14.2. The van der Waals surface area contributed by atoms with E-state index in [-0.39, 0.29) is 6.61 Å². The summed E-state index contributed by atoms with van der Waals surface area (Å²) in [6, 6.07) is 12.7. The van der Waals surface area contributed by atoms with E-state index in [4.69, 9.17) is 9.37 Å². The van der Waals surface area contributed by atoms with Crippen molar-refractivity contribution in [1.82, 2.24) is 20.1 Å². The molecule has 0 amide bonds. The molecule has 0 radical (unpaired) electrons. The second-order valence-corrected chi connectivity index (χ2v) is 7.72. The molecule has 0 saturated carbocycles. The Morgan fingerprint density at radius 2 is 2.07 bits per heavy atom. The average molecular weight is 396 g/mol. The van der Waals surface area contributed by atoms with Crippen LogP contribution >= 0.6 is 0 Å². The summed E-state index contributed by atoms with van der Waals surface area (Å²) in [7, 11) is 1.70. The number of piperazine rings is 1. The van der Waals surface area contributed by atoms with Gasteiger partial charge in [0.2, 0.25) is 0 Å². The quantitative estimate of drug-likeness (QED) is 0.658. The molecule has 2 heterocycles. The largest absolute Gasteiger partial charge is 0.496 e. The van der Waals surface area contributed by atoms with Crippen molar-refractivity contribution < 1.29 is 14.5 Å². The summed E-state index contributed by atoms with van der Waals surface area (Å²) in [4.78, 5) is 4.91. The van der Waals surface area contributed by atoms with Gasteiger partial charge in [0.25, 0.3) is 0 Å². The van der Waals surface area contributed by atoms with Gasteiger partial charge in [-0.25, -0.2) is 4.63 Å². The highest BCUT2D eigenvalue weighted by molar-refractivity contribution is 5.76. The molecule has 1 aliphatic rings. The normalized spacial score (nSPS) is 18.4. The Morgan fingerprint density at radius 1 is 1.17 bits per heavy atom. The minimum atomic E-state index is 0.194. The van der Waals surface area contributed by atoms with Crippen LogP contribution in [0.2, 0.25) is 0 Å². The molecular formula is C22H28N4O3. The Hall–Kier alpha value is -2.48. The van der Waals surface area contributed by atoms with E-state index in [1.54, 1.807) is 7.11 Å². The van der Waals surface area contributed by atoms with Gasteiger partial charge in [0.1, 0.15) is 16.8 Å². The van der Waals surface area contributed by atoms with Gasteiger partial charge in [0.15, 0.2) is 0 Å². The summed E-state index contributed by atoms with van der Waals surface area (Å²) in [5.74, 6) is 0.919. The molecule has 3 aromatic rings. The van der Waals surface area contributed by atoms with E-state index in [1.807, 2.05) is 18.2 Å². The molecule has 0 aliphatic carbocycles. The number of hydrogen-bond acceptors (Lipinski definition) is 7. The molecule has 7 heteroatoms. The predicted octanol–water partition coefficient (Wildman–Crippen LogP) is 2.61. The third kappa shape index (κ3) is 4.42. The molecule has 1 saturated heterocycles. The van der Waals surface area contributed by atoms with Gasteiger partial charge in [-0.2, -0.15) is 0 Å². The summed E-state index contributed by atoms with van der Waals surface area (Å²) in [6.07, 6.45) is 0.765. The maximum absolute atomic E-state index is 9.61. The fourth-order valence-electron chi connectivity index (χ4n) is 4.24. The van der Waals surface area contributed by atoms with Gasteiger partial charge in [-0.15, -0.1) is 0 Å². The molecule has 7 nitrogen and oxygen atoms in total. The molecule has 1 aromatic heterocycles. The van der Waals surface area contributed by atoms with Crippen LogP contribution in [0.1, 0.15) is 23.1 Å². The fraction of sp³-hybridized carbons (Fsp3) is 0.455. The van der Waals surface area contributed by atoms with Gasteiger partial charge in [0.05, 0.1) is 7.11 Å². The number of rotatable bonds is 7. The molecule has 4 rings (SSSR count). The van der Waals surface area contributed by atoms with E-state index in [9.17, 15) is 5.11 Å². The lowest BCUT2D eigenvalue weighted by molar-refractivity contribution is 0.0501. The Morgan fingerprint density at radius 3 is 2.86 bits per heavy atom. The van der Waals surface area contributed by atoms with Crippen molar-refractivity contribution in [3.05, 3.63) is 53.1 Å². The number of aryl methyl sites for hydroxylation is 1. The van der Waals surface area contributed by atoms with Crippen LogP contribution in [0.25, 0.3) is 11.0 Å². The molecule has 154 valence electrons. The molecule has 1 N–H and O–H groups in total. The second-order valence-electron chi connectivity index (χ2n) is 7.72. The van der Waals surface area contributed by atoms with Crippen LogP contribution in [0.5, 0.6) is 5.75 Å². The monoisotopic (exact) mass is 396 g/mol. The van der Waals surface area contributed by atoms with E-state index < -0.39 is 0 Å². The Bertz CT molecular complexity index is 958. The van der Waals surface area contributed by atoms with Crippen molar-refractivity contribution in [3.8, 4) is 5.75 Å². The lowest BCUT2D eigenvalue weighted by Crippen LogP contribution is -2.52. The summed E-state index contributed by atoms with van der Waals surface area (Å²) < 4.78 is 10.3. The summed E-state index contributed by atoms with van der Waals surface area (Å²) in [5, 5.41) is 17.6. The molecule has 1 aliphatic heterocycles. The first kappa shape index (κ1) is 19.8. The number of fused-ring (bicyclic) bond motifs is 1. The second kappa shape index (κ2) is 8.90. The van der Waals surface area contributed by atoms with Crippen LogP contribution in [0, 0.1) is 6.92 Å². The molecule has 0 bridgehead atoms. The van der Waals surface area contributed by atoms with Gasteiger partial charge in [-0.3, -0.25) is 9.80 Å². The molecule has 29 heavy (non-hydrogen) atoms. The maximum atomic E-state index is 9.61. The summed E-state index contributed by atoms with van der Waals surface area (Å²) in [5.41, 5.74) is 5.19. The van der Waals surface area contributed by atoms with Crippen molar-refractivity contribution in [3.63, 3.8) is 0 Å². The SMILES string of the molecule is COc1ccc(CN2CCN(Cc3cccc4nonc34)CC2CCO)cc1C. The van der Waals surface area contributed by atoms with Gasteiger partial charge in [-0.05, 0) is 52.5 Å². The zero-order valence-corrected chi connectivity index (χ0v) is 17.0. The number of aliphatic hydroxyl groups excluding tert-OH is 1. The highest BCUT2D eigenvalue weighted by Gasteiger charge is 2.27. The first-order valence-corrected chi connectivity index (χ1v) is 10.1. The van der Waals surface area contributed by atoms with E-state index in [2.05, 4.69) is 45.2 Å². The predicted molar refractivity (Wildman–Crippen MR) is 111 cm³/mol. The number of nitrogens with zero attached hydrogens (tertiary/aromatic N) is 4. The molecular weight excluding hydrogens is 368 g/mol. The summed E-state index contributed by atoms with van der Waals surface area (Å²) >= 11 is 0. The standard InChI is InChI=1S/C22H28N4O3/c1-16-12-17(6-7-21(16)28-2)13-26-10-9-25(15-19(26)8-11-27)14-18-4-3-5-20-22(18)24-29-23-20/h3-7,12,19,27H,8-11,13-15H2,1-2H3. The van der Waals surface area contributed by atoms with Gasteiger partial charge >= 0.3 is 0 Å². The van der Waals surface area contributed by atoms with Gasteiger partial charge in [-0.1, -0.05) is 24.3 Å². The van der Waals surface area contributed by atoms with Crippen molar-refractivity contribution in [2.75, 3.05) is 33.4 Å². The third-order valence-corrected chi connectivity index (χ3v) is 5.76. The Labute approximate surface area is 170 Å². The number of aromatic nitrogens is 2. The van der Waals surface area contributed by atoms with Crippen LogP contribution in [-0.2, 0) is 13.1 Å². The van der Waals surface area contributed by atoms with Crippen LogP contribution < -0.4 is 4.74 Å². The minimum Gasteiger partial charge on any atom is -0.496 e. The number of aliphatic hydroxyl groups is 1. The Kier molecular flexibility index (Phi) is 6.08. The maximum Gasteiger partial charge on any atom is 0.139 e. The number of benzene rings is 2. The van der Waals surface area contributed by atoms with Crippen LogP contribution in [0.4, 0.5) is 0 Å². The van der Waals surface area contributed by atoms with E-state index >= 15 is 0 Å². The number of methoxy groups -OCH3 is 1. The lowest BCUT2D eigenvalue weighted by atomic mass is 10.0. The summed E-state index contributed by atoms with van der Waals surface area (Å²) in [6.45, 7) is 6.80. The number of hydrogen-bond donors (Lipinski definition) is 1. The Balaban J connectivity index is 1.44. The third-order valence-electron chi connectivity index (χ3n) is 5.76. The number of ether oxygens (including phenoxy) is 1. The van der Waals surface area contributed by atoms with E-state index in [1.165, 1.54) is 5.56 Å². The fourth-order valence-corrected chi connectivity index (χ4v) is 4.24. The highest BCUT2D eigenvalue weighted by atomic mass is 16.6. The van der Waals surface area contributed by atoms with Crippen molar-refractivity contribution >= 4 is 11.0 Å². The zero-order chi connectivity index (χ0) is 20.2. The van der Waals surface area contributed by atoms with Crippen molar-refractivity contribution in [2.45, 2.75) is 32.5 Å². The van der Waals surface area contributed by atoms with E-state index in [0.29, 0.717) is 6.04 Å². The van der Waals surface area contributed by atoms with E-state index in [0.717, 1.165) is 67.1 Å². The van der Waals surface area contributed by atoms with Crippen LogP contribution in [-0.4, -0.2) is 64.6 Å². The molecule has 1 fully saturated rings. The van der Waals surface area contributed by atoms with Crippen molar-refractivity contribution in [1.29, 1.82) is 0 Å². The lowest BCUT2D eigenvalue weighted by Gasteiger charge is -2.41.